The van der Waals surface area contributed by atoms with Crippen LogP contribution in [0.25, 0.3) is 0 Å². The van der Waals surface area contributed by atoms with E-state index in [4.69, 9.17) is 0 Å². The lowest BCUT2D eigenvalue weighted by Gasteiger charge is -2.20. The fourth-order valence-electron chi connectivity index (χ4n) is 2.53. The maximum atomic E-state index is 12.1. The Morgan fingerprint density at radius 1 is 1.18 bits per heavy atom. The van der Waals surface area contributed by atoms with Crippen LogP contribution in [0.3, 0.4) is 0 Å². The number of carbonyl (C=O) groups is 1. The zero-order valence-corrected chi connectivity index (χ0v) is 12.3. The molecule has 2 amide bonds. The van der Waals surface area contributed by atoms with Crippen LogP contribution in [0.2, 0.25) is 0 Å². The van der Waals surface area contributed by atoms with Gasteiger partial charge >= 0.3 is 6.03 Å². The van der Waals surface area contributed by atoms with Crippen LogP contribution in [-0.2, 0) is 6.54 Å². The monoisotopic (exact) mass is 297 g/mol. The van der Waals surface area contributed by atoms with Gasteiger partial charge in [-0.1, -0.05) is 6.07 Å². The molecule has 0 radical (unpaired) electrons. The van der Waals surface area contributed by atoms with E-state index in [0.717, 1.165) is 30.2 Å². The topological polar surface area (TPSA) is 70.1 Å². The molecule has 1 aliphatic rings. The van der Waals surface area contributed by atoms with Crippen LogP contribution >= 0.6 is 0 Å². The highest BCUT2D eigenvalue weighted by Crippen LogP contribution is 2.25. The first kappa shape index (κ1) is 14.3. The maximum absolute atomic E-state index is 12.1. The second kappa shape index (κ2) is 6.89. The lowest BCUT2D eigenvalue weighted by molar-refractivity contribution is 0.251. The molecule has 0 aliphatic carbocycles. The summed E-state index contributed by atoms with van der Waals surface area (Å²) in [6.07, 6.45) is 7.54. The van der Waals surface area contributed by atoms with Crippen molar-refractivity contribution in [3.05, 3.63) is 48.4 Å². The number of nitrogens with one attached hydrogen (secondary N) is 2. The van der Waals surface area contributed by atoms with Crippen molar-refractivity contribution in [2.45, 2.75) is 19.4 Å². The van der Waals surface area contributed by atoms with Crippen molar-refractivity contribution in [2.75, 3.05) is 23.3 Å². The predicted molar refractivity (Wildman–Crippen MR) is 85.8 cm³/mol. The maximum Gasteiger partial charge on any atom is 0.319 e. The van der Waals surface area contributed by atoms with Crippen molar-refractivity contribution in [3.63, 3.8) is 0 Å². The van der Waals surface area contributed by atoms with Gasteiger partial charge in [-0.05, 0) is 36.6 Å². The molecule has 114 valence electrons. The highest BCUT2D eigenvalue weighted by Gasteiger charge is 2.17. The number of amides is 2. The van der Waals surface area contributed by atoms with Crippen LogP contribution in [0.1, 0.15) is 18.4 Å². The van der Waals surface area contributed by atoms with Crippen molar-refractivity contribution in [1.29, 1.82) is 0 Å². The summed E-state index contributed by atoms with van der Waals surface area (Å²) in [6, 6.07) is 7.24. The van der Waals surface area contributed by atoms with Crippen LogP contribution in [0, 0.1) is 0 Å². The van der Waals surface area contributed by atoms with Gasteiger partial charge in [0.15, 0.2) is 5.82 Å². The van der Waals surface area contributed by atoms with Gasteiger partial charge in [-0.15, -0.1) is 0 Å². The van der Waals surface area contributed by atoms with Gasteiger partial charge in [0.2, 0.25) is 0 Å². The van der Waals surface area contributed by atoms with Crippen molar-refractivity contribution in [2.24, 2.45) is 0 Å². The number of anilines is 2. The van der Waals surface area contributed by atoms with Gasteiger partial charge in [0.05, 0.1) is 5.69 Å². The minimum atomic E-state index is -0.239. The van der Waals surface area contributed by atoms with Crippen molar-refractivity contribution in [3.8, 4) is 0 Å². The third kappa shape index (κ3) is 3.52. The Hall–Kier alpha value is -2.63. The van der Waals surface area contributed by atoms with Crippen molar-refractivity contribution < 1.29 is 4.79 Å². The average Bonchev–Trinajstić information content (AvgIpc) is 3.09. The minimum absolute atomic E-state index is 0.239. The summed E-state index contributed by atoms with van der Waals surface area (Å²) in [5.41, 5.74) is 1.71. The molecular weight excluding hydrogens is 278 g/mol. The summed E-state index contributed by atoms with van der Waals surface area (Å²) in [5, 5.41) is 5.71. The molecule has 0 aromatic carbocycles. The zero-order valence-electron chi connectivity index (χ0n) is 12.3. The molecule has 1 saturated heterocycles. The van der Waals surface area contributed by atoms with Gasteiger partial charge in [0.25, 0.3) is 0 Å². The number of urea groups is 1. The molecule has 0 spiro atoms. The molecule has 2 N–H and O–H groups in total. The highest BCUT2D eigenvalue weighted by atomic mass is 16.2. The number of pyridine rings is 2. The summed E-state index contributed by atoms with van der Waals surface area (Å²) in [7, 11) is 0. The molecule has 1 fully saturated rings. The first-order valence-electron chi connectivity index (χ1n) is 7.46. The lowest BCUT2D eigenvalue weighted by atomic mass is 10.3. The Labute approximate surface area is 129 Å². The molecule has 0 unspecified atom stereocenters. The van der Waals surface area contributed by atoms with Gasteiger partial charge < -0.3 is 15.5 Å². The molecule has 0 bridgehead atoms. The predicted octanol–water partition coefficient (Wildman–Crippen LogP) is 2.40. The first-order valence-corrected chi connectivity index (χ1v) is 7.46. The normalized spacial score (nSPS) is 13.9. The zero-order chi connectivity index (χ0) is 15.2. The van der Waals surface area contributed by atoms with Gasteiger partial charge in [-0.2, -0.15) is 0 Å². The van der Waals surface area contributed by atoms with E-state index in [2.05, 4.69) is 25.5 Å². The fraction of sp³-hybridized carbons (Fsp3) is 0.312. The van der Waals surface area contributed by atoms with Crippen LogP contribution in [0.5, 0.6) is 0 Å². The summed E-state index contributed by atoms with van der Waals surface area (Å²) >= 11 is 0. The second-order valence-corrected chi connectivity index (χ2v) is 5.24. The van der Waals surface area contributed by atoms with Gasteiger partial charge in [0, 0.05) is 38.2 Å². The number of nitrogens with zero attached hydrogens (tertiary/aromatic N) is 3. The van der Waals surface area contributed by atoms with Gasteiger partial charge in [-0.3, -0.25) is 4.98 Å². The van der Waals surface area contributed by atoms with Crippen molar-refractivity contribution >= 4 is 17.5 Å². The Morgan fingerprint density at radius 3 is 2.77 bits per heavy atom. The lowest BCUT2D eigenvalue weighted by Crippen LogP contribution is -2.29. The van der Waals surface area contributed by atoms with Crippen LogP contribution < -0.4 is 15.5 Å². The fourth-order valence-corrected chi connectivity index (χ4v) is 2.53. The van der Waals surface area contributed by atoms with Crippen molar-refractivity contribution in [1.82, 2.24) is 15.3 Å². The third-order valence-electron chi connectivity index (χ3n) is 3.62. The van der Waals surface area contributed by atoms with E-state index in [-0.39, 0.29) is 6.03 Å². The quantitative estimate of drug-likeness (QED) is 0.909. The molecule has 3 heterocycles. The Balaban J connectivity index is 1.61. The van der Waals surface area contributed by atoms with Crippen LogP contribution in [-0.4, -0.2) is 29.1 Å². The molecular formula is C16H19N5O. The number of hydrogen-bond donors (Lipinski definition) is 2. The van der Waals surface area contributed by atoms with E-state index in [0.29, 0.717) is 6.54 Å². The van der Waals surface area contributed by atoms with E-state index < -0.39 is 0 Å². The van der Waals surface area contributed by atoms with E-state index >= 15 is 0 Å². The summed E-state index contributed by atoms with van der Waals surface area (Å²) in [6.45, 7) is 2.42. The van der Waals surface area contributed by atoms with E-state index in [1.807, 2.05) is 24.3 Å². The SMILES string of the molecule is O=C(NCc1cccnc1)Nc1cccnc1N1CCCC1. The molecule has 6 nitrogen and oxygen atoms in total. The molecule has 22 heavy (non-hydrogen) atoms. The summed E-state index contributed by atoms with van der Waals surface area (Å²) < 4.78 is 0. The largest absolute Gasteiger partial charge is 0.355 e. The molecule has 1 aliphatic heterocycles. The molecule has 0 saturated carbocycles. The van der Waals surface area contributed by atoms with E-state index in [1.165, 1.54) is 12.8 Å². The number of rotatable bonds is 4. The average molecular weight is 297 g/mol. The highest BCUT2D eigenvalue weighted by molar-refractivity contribution is 5.92. The number of aromatic nitrogens is 2. The smallest absolute Gasteiger partial charge is 0.319 e. The number of carbonyl (C=O) groups excluding carboxylic acids is 1. The minimum Gasteiger partial charge on any atom is -0.355 e. The van der Waals surface area contributed by atoms with Gasteiger partial charge in [-0.25, -0.2) is 9.78 Å². The standard InChI is InChI=1S/C16H19N5O/c22-16(19-12-13-5-3-7-17-11-13)20-14-6-4-8-18-15(14)21-9-1-2-10-21/h3-8,11H,1-2,9-10,12H2,(H2,19,20,22). The Morgan fingerprint density at radius 2 is 2.00 bits per heavy atom. The first-order chi connectivity index (χ1) is 10.8. The third-order valence-corrected chi connectivity index (χ3v) is 3.62. The second-order valence-electron chi connectivity index (χ2n) is 5.24. The van der Waals surface area contributed by atoms with E-state index in [9.17, 15) is 4.79 Å². The van der Waals surface area contributed by atoms with E-state index in [1.54, 1.807) is 18.6 Å². The number of hydrogen-bond acceptors (Lipinski definition) is 4. The van der Waals surface area contributed by atoms with Crippen LogP contribution in [0.4, 0.5) is 16.3 Å². The summed E-state index contributed by atoms with van der Waals surface area (Å²) in [4.78, 5) is 22.7. The molecule has 3 rings (SSSR count). The summed E-state index contributed by atoms with van der Waals surface area (Å²) in [5.74, 6) is 0.844. The molecule has 6 heteroatoms. The van der Waals surface area contributed by atoms with Gasteiger partial charge in [0.1, 0.15) is 0 Å². The Bertz CT molecular complexity index is 625. The molecule has 2 aromatic rings. The Kier molecular flexibility index (Phi) is 4.48. The van der Waals surface area contributed by atoms with Crippen LogP contribution in [0.15, 0.2) is 42.9 Å². The molecule has 0 atom stereocenters. The molecule has 2 aromatic heterocycles.